The van der Waals surface area contributed by atoms with Crippen molar-refractivity contribution in [3.63, 3.8) is 0 Å². The lowest BCUT2D eigenvalue weighted by molar-refractivity contribution is -0.104. The van der Waals surface area contributed by atoms with Crippen LogP contribution in [0, 0.1) is 0 Å². The van der Waals surface area contributed by atoms with Crippen molar-refractivity contribution >= 4 is 0 Å². The predicted octanol–water partition coefficient (Wildman–Crippen LogP) is 0.834. The monoisotopic (exact) mass is 197 g/mol. The molecule has 0 amide bonds. The van der Waals surface area contributed by atoms with E-state index in [4.69, 9.17) is 4.74 Å². The molecule has 1 heterocycles. The number of rotatable bonds is 3. The van der Waals surface area contributed by atoms with E-state index in [0.717, 1.165) is 19.4 Å². The number of aliphatic hydroxyl groups is 1. The number of aliphatic hydroxyl groups excluding tert-OH is 1. The molecule has 0 radical (unpaired) electrons. The highest BCUT2D eigenvalue weighted by Crippen LogP contribution is 2.37. The lowest BCUT2D eigenvalue weighted by atomic mass is 9.89. The summed E-state index contributed by atoms with van der Waals surface area (Å²) in [5, 5.41) is 13.5. The van der Waals surface area contributed by atoms with Crippen molar-refractivity contribution < 1.29 is 9.84 Å². The zero-order valence-electron chi connectivity index (χ0n) is 8.70. The molecule has 0 aromatic rings. The molecule has 0 aromatic heterocycles. The Morgan fingerprint density at radius 3 is 2.71 bits per heavy atom. The average Bonchev–Trinajstić information content (AvgIpc) is 2.89. The first-order valence-corrected chi connectivity index (χ1v) is 5.42. The van der Waals surface area contributed by atoms with Crippen molar-refractivity contribution in [2.24, 2.45) is 0 Å². The van der Waals surface area contributed by atoms with Crippen LogP contribution in [0.3, 0.4) is 0 Å². The normalized spacial score (nSPS) is 32.3. The second-order valence-corrected chi connectivity index (χ2v) is 4.28. The summed E-state index contributed by atoms with van der Waals surface area (Å²) in [7, 11) is 1.72. The molecule has 1 fully saturated rings. The van der Waals surface area contributed by atoms with Gasteiger partial charge in [-0.1, -0.05) is 25.0 Å². The fraction of sp³-hybridized carbons (Fsp3) is 0.818. The Labute approximate surface area is 85.1 Å². The van der Waals surface area contributed by atoms with Gasteiger partial charge in [-0.2, -0.15) is 0 Å². The van der Waals surface area contributed by atoms with Crippen molar-refractivity contribution in [3.05, 3.63) is 12.2 Å². The minimum Gasteiger partial charge on any atom is -0.388 e. The van der Waals surface area contributed by atoms with E-state index < -0.39 is 6.10 Å². The standard InChI is InChI=1S/C11H19NO2/c1-14-11(6-2-3-7-11)10(13)9-5-4-8-12-9/h4-5,9-10,12-13H,2-3,6-8H2,1H3. The van der Waals surface area contributed by atoms with Crippen LogP contribution in [0.25, 0.3) is 0 Å². The maximum atomic E-state index is 10.3. The van der Waals surface area contributed by atoms with Crippen molar-refractivity contribution in [2.75, 3.05) is 13.7 Å². The summed E-state index contributed by atoms with van der Waals surface area (Å²) < 4.78 is 5.55. The van der Waals surface area contributed by atoms with E-state index >= 15 is 0 Å². The minimum absolute atomic E-state index is 0.0769. The van der Waals surface area contributed by atoms with Crippen molar-refractivity contribution in [1.29, 1.82) is 0 Å². The first-order chi connectivity index (χ1) is 6.78. The maximum Gasteiger partial charge on any atom is 0.102 e. The van der Waals surface area contributed by atoms with Crippen molar-refractivity contribution in [3.8, 4) is 0 Å². The Morgan fingerprint density at radius 2 is 2.21 bits per heavy atom. The van der Waals surface area contributed by atoms with Crippen LogP contribution >= 0.6 is 0 Å². The lowest BCUT2D eigenvalue weighted by Gasteiger charge is -2.35. The molecule has 2 atom stereocenters. The predicted molar refractivity (Wildman–Crippen MR) is 55.1 cm³/mol. The molecule has 2 N–H and O–H groups in total. The van der Waals surface area contributed by atoms with Gasteiger partial charge in [0.2, 0.25) is 0 Å². The summed E-state index contributed by atoms with van der Waals surface area (Å²) in [5.74, 6) is 0. The number of hydrogen-bond acceptors (Lipinski definition) is 3. The molecule has 1 saturated carbocycles. The van der Waals surface area contributed by atoms with Gasteiger partial charge >= 0.3 is 0 Å². The van der Waals surface area contributed by atoms with Crippen LogP contribution in [0.1, 0.15) is 25.7 Å². The largest absolute Gasteiger partial charge is 0.388 e. The summed E-state index contributed by atoms with van der Waals surface area (Å²) in [6.07, 6.45) is 8.00. The third kappa shape index (κ3) is 1.60. The number of nitrogens with one attached hydrogen (secondary N) is 1. The highest BCUT2D eigenvalue weighted by atomic mass is 16.5. The van der Waals surface area contributed by atoms with Gasteiger partial charge in [0.25, 0.3) is 0 Å². The Bertz CT molecular complexity index is 221. The zero-order valence-corrected chi connectivity index (χ0v) is 8.70. The van der Waals surface area contributed by atoms with Gasteiger partial charge in [0, 0.05) is 13.7 Å². The summed E-state index contributed by atoms with van der Waals surface area (Å²) in [6.45, 7) is 0.863. The van der Waals surface area contributed by atoms with E-state index in [1.165, 1.54) is 12.8 Å². The second-order valence-electron chi connectivity index (χ2n) is 4.28. The van der Waals surface area contributed by atoms with E-state index in [9.17, 15) is 5.11 Å². The molecule has 3 nitrogen and oxygen atoms in total. The molecule has 1 aliphatic heterocycles. The Kier molecular flexibility index (Phi) is 2.91. The van der Waals surface area contributed by atoms with E-state index in [0.29, 0.717) is 0 Å². The van der Waals surface area contributed by atoms with Gasteiger partial charge in [0.1, 0.15) is 6.10 Å². The fourth-order valence-corrected chi connectivity index (χ4v) is 2.63. The van der Waals surface area contributed by atoms with Crippen LogP contribution in [0.4, 0.5) is 0 Å². The molecule has 0 saturated heterocycles. The van der Waals surface area contributed by atoms with E-state index in [-0.39, 0.29) is 11.6 Å². The van der Waals surface area contributed by atoms with Gasteiger partial charge in [-0.15, -0.1) is 0 Å². The van der Waals surface area contributed by atoms with E-state index in [1.807, 2.05) is 6.08 Å². The molecule has 3 heteroatoms. The smallest absolute Gasteiger partial charge is 0.102 e. The zero-order chi connectivity index (χ0) is 10.0. The second kappa shape index (κ2) is 4.01. The molecule has 0 spiro atoms. The van der Waals surface area contributed by atoms with Gasteiger partial charge < -0.3 is 15.2 Å². The minimum atomic E-state index is -0.409. The average molecular weight is 197 g/mol. The van der Waals surface area contributed by atoms with E-state index in [1.54, 1.807) is 7.11 Å². The van der Waals surface area contributed by atoms with Gasteiger partial charge in [0.05, 0.1) is 11.6 Å². The Balaban J connectivity index is 2.06. The van der Waals surface area contributed by atoms with Crippen LogP contribution in [-0.2, 0) is 4.74 Å². The number of hydrogen-bond donors (Lipinski definition) is 2. The first-order valence-electron chi connectivity index (χ1n) is 5.42. The van der Waals surface area contributed by atoms with Crippen LogP contribution < -0.4 is 5.32 Å². The molecule has 2 unspecified atom stereocenters. The molecule has 0 aromatic carbocycles. The molecule has 14 heavy (non-hydrogen) atoms. The topological polar surface area (TPSA) is 41.5 Å². The third-order valence-corrected chi connectivity index (χ3v) is 3.55. The molecular formula is C11H19NO2. The van der Waals surface area contributed by atoms with Gasteiger partial charge in [-0.3, -0.25) is 0 Å². The van der Waals surface area contributed by atoms with Crippen LogP contribution in [-0.4, -0.2) is 36.5 Å². The number of ether oxygens (including phenoxy) is 1. The SMILES string of the molecule is COC1(C(O)C2C=CCN2)CCCC1. The van der Waals surface area contributed by atoms with E-state index in [2.05, 4.69) is 11.4 Å². The highest BCUT2D eigenvalue weighted by Gasteiger charge is 2.44. The van der Waals surface area contributed by atoms with Gasteiger partial charge in [-0.25, -0.2) is 0 Å². The maximum absolute atomic E-state index is 10.3. The van der Waals surface area contributed by atoms with Crippen LogP contribution in [0.5, 0.6) is 0 Å². The fourth-order valence-electron chi connectivity index (χ4n) is 2.63. The molecule has 80 valence electrons. The Hall–Kier alpha value is -0.380. The molecule has 2 rings (SSSR count). The summed E-state index contributed by atoms with van der Waals surface area (Å²) in [5.41, 5.74) is -0.299. The molecule has 2 aliphatic rings. The molecule has 1 aliphatic carbocycles. The quantitative estimate of drug-likeness (QED) is 0.659. The number of methoxy groups -OCH3 is 1. The lowest BCUT2D eigenvalue weighted by Crippen LogP contribution is -2.51. The summed E-state index contributed by atoms with van der Waals surface area (Å²) in [6, 6.07) is 0.0769. The summed E-state index contributed by atoms with van der Waals surface area (Å²) in [4.78, 5) is 0. The van der Waals surface area contributed by atoms with Crippen LogP contribution in [0.15, 0.2) is 12.2 Å². The van der Waals surface area contributed by atoms with Crippen molar-refractivity contribution in [2.45, 2.75) is 43.4 Å². The van der Waals surface area contributed by atoms with Gasteiger partial charge in [0.15, 0.2) is 0 Å². The summed E-state index contributed by atoms with van der Waals surface area (Å²) >= 11 is 0. The first kappa shape index (κ1) is 10.1. The Morgan fingerprint density at radius 1 is 1.50 bits per heavy atom. The molecule has 0 bridgehead atoms. The third-order valence-electron chi connectivity index (χ3n) is 3.55. The molecular weight excluding hydrogens is 178 g/mol. The highest BCUT2D eigenvalue weighted by molar-refractivity contribution is 5.10. The van der Waals surface area contributed by atoms with Crippen LogP contribution in [0.2, 0.25) is 0 Å². The van der Waals surface area contributed by atoms with Gasteiger partial charge in [-0.05, 0) is 12.8 Å². The van der Waals surface area contributed by atoms with Crippen molar-refractivity contribution in [1.82, 2.24) is 5.32 Å².